The number of para-hydroxylation sites is 2. The van der Waals surface area contributed by atoms with Crippen LogP contribution in [-0.2, 0) is 0 Å². The van der Waals surface area contributed by atoms with Gasteiger partial charge in [0.25, 0.3) is 0 Å². The number of aryl methyl sites for hydroxylation is 1. The van der Waals surface area contributed by atoms with Crippen LogP contribution >= 0.6 is 0 Å². The average Bonchev–Trinajstić information content (AvgIpc) is 2.37. The normalized spacial score (nSPS) is 13.9. The highest BCUT2D eigenvalue weighted by Gasteiger charge is 2.20. The third-order valence-electron chi connectivity index (χ3n) is 2.86. The van der Waals surface area contributed by atoms with Crippen molar-refractivity contribution < 1.29 is 4.74 Å². The van der Waals surface area contributed by atoms with Crippen LogP contribution in [0, 0.1) is 6.92 Å². The number of nitrogens with two attached hydrogens (primary N) is 1. The maximum Gasteiger partial charge on any atom is 0.222 e. The molecule has 0 spiro atoms. The SMILES string of the molecule is Cc1cc(N2CCOc3ccccc32)nc(N)n1. The second-order valence-electron chi connectivity index (χ2n) is 4.19. The number of aromatic nitrogens is 2. The van der Waals surface area contributed by atoms with Crippen LogP contribution in [0.4, 0.5) is 17.5 Å². The summed E-state index contributed by atoms with van der Waals surface area (Å²) in [5.41, 5.74) is 7.58. The highest BCUT2D eigenvalue weighted by Crippen LogP contribution is 2.35. The first-order chi connectivity index (χ1) is 8.74. The van der Waals surface area contributed by atoms with Crippen molar-refractivity contribution in [3.05, 3.63) is 36.0 Å². The van der Waals surface area contributed by atoms with Crippen molar-refractivity contribution in [2.45, 2.75) is 6.92 Å². The summed E-state index contributed by atoms with van der Waals surface area (Å²) >= 11 is 0. The van der Waals surface area contributed by atoms with Crippen LogP contribution in [-0.4, -0.2) is 23.1 Å². The molecule has 2 aromatic rings. The van der Waals surface area contributed by atoms with Crippen molar-refractivity contribution in [3.63, 3.8) is 0 Å². The molecule has 0 atom stereocenters. The molecular formula is C13H14N4O. The Morgan fingerprint density at radius 1 is 1.28 bits per heavy atom. The van der Waals surface area contributed by atoms with Gasteiger partial charge in [0, 0.05) is 11.8 Å². The molecule has 0 bridgehead atoms. The van der Waals surface area contributed by atoms with Crippen LogP contribution < -0.4 is 15.4 Å². The van der Waals surface area contributed by atoms with E-state index in [1.807, 2.05) is 37.3 Å². The molecule has 1 aliphatic rings. The standard InChI is InChI=1S/C13H14N4O/c1-9-8-12(16-13(14)15-9)17-6-7-18-11-5-3-2-4-10(11)17/h2-5,8H,6-7H2,1H3,(H2,14,15,16). The third-order valence-corrected chi connectivity index (χ3v) is 2.86. The topological polar surface area (TPSA) is 64.3 Å². The Labute approximate surface area is 105 Å². The molecule has 0 aliphatic carbocycles. The van der Waals surface area contributed by atoms with Gasteiger partial charge in [0.05, 0.1) is 12.2 Å². The number of ether oxygens (including phenoxy) is 1. The van der Waals surface area contributed by atoms with E-state index in [-0.39, 0.29) is 0 Å². The van der Waals surface area contributed by atoms with Crippen molar-refractivity contribution in [3.8, 4) is 5.75 Å². The van der Waals surface area contributed by atoms with E-state index < -0.39 is 0 Å². The van der Waals surface area contributed by atoms with Gasteiger partial charge in [0.1, 0.15) is 18.2 Å². The first-order valence-electron chi connectivity index (χ1n) is 5.84. The minimum atomic E-state index is 0.300. The monoisotopic (exact) mass is 242 g/mol. The number of hydrogen-bond donors (Lipinski definition) is 1. The summed E-state index contributed by atoms with van der Waals surface area (Å²) in [5, 5.41) is 0. The highest BCUT2D eigenvalue weighted by atomic mass is 16.5. The molecule has 5 nitrogen and oxygen atoms in total. The summed E-state index contributed by atoms with van der Waals surface area (Å²) < 4.78 is 5.62. The van der Waals surface area contributed by atoms with Crippen LogP contribution in [0.15, 0.2) is 30.3 Å². The van der Waals surface area contributed by atoms with E-state index in [0.29, 0.717) is 12.6 Å². The molecule has 92 valence electrons. The summed E-state index contributed by atoms with van der Waals surface area (Å²) in [4.78, 5) is 10.5. The molecule has 2 N–H and O–H groups in total. The summed E-state index contributed by atoms with van der Waals surface area (Å²) in [6.07, 6.45) is 0. The van der Waals surface area contributed by atoms with Crippen molar-refractivity contribution in [1.29, 1.82) is 0 Å². The fourth-order valence-corrected chi connectivity index (χ4v) is 2.12. The van der Waals surface area contributed by atoms with E-state index in [2.05, 4.69) is 14.9 Å². The predicted octanol–water partition coefficient (Wildman–Crippen LogP) is 1.90. The largest absolute Gasteiger partial charge is 0.490 e. The van der Waals surface area contributed by atoms with E-state index in [1.54, 1.807) is 0 Å². The van der Waals surface area contributed by atoms with Gasteiger partial charge in [-0.05, 0) is 19.1 Å². The predicted molar refractivity (Wildman–Crippen MR) is 70.1 cm³/mol. The maximum atomic E-state index is 5.71. The van der Waals surface area contributed by atoms with E-state index in [1.165, 1.54) is 0 Å². The van der Waals surface area contributed by atoms with Crippen LogP contribution in [0.25, 0.3) is 0 Å². The zero-order chi connectivity index (χ0) is 12.5. The van der Waals surface area contributed by atoms with Crippen LogP contribution in [0.5, 0.6) is 5.75 Å². The molecule has 3 rings (SSSR count). The average molecular weight is 242 g/mol. The minimum Gasteiger partial charge on any atom is -0.490 e. The maximum absolute atomic E-state index is 5.71. The molecule has 0 saturated carbocycles. The molecule has 5 heteroatoms. The van der Waals surface area contributed by atoms with Gasteiger partial charge < -0.3 is 15.4 Å². The minimum absolute atomic E-state index is 0.300. The molecule has 0 unspecified atom stereocenters. The Morgan fingerprint density at radius 3 is 2.94 bits per heavy atom. The van der Waals surface area contributed by atoms with E-state index in [9.17, 15) is 0 Å². The Hall–Kier alpha value is -2.30. The number of nitrogen functional groups attached to an aromatic ring is 1. The number of fused-ring (bicyclic) bond motifs is 1. The molecule has 0 radical (unpaired) electrons. The summed E-state index contributed by atoms with van der Waals surface area (Å²) in [5.74, 6) is 1.99. The Bertz CT molecular complexity index is 565. The summed E-state index contributed by atoms with van der Waals surface area (Å²) in [7, 11) is 0. The van der Waals surface area contributed by atoms with E-state index >= 15 is 0 Å². The lowest BCUT2D eigenvalue weighted by molar-refractivity contribution is 0.313. The Kier molecular flexibility index (Phi) is 2.51. The molecular weight excluding hydrogens is 228 g/mol. The number of hydrogen-bond acceptors (Lipinski definition) is 5. The van der Waals surface area contributed by atoms with Crippen molar-refractivity contribution in [1.82, 2.24) is 9.97 Å². The second-order valence-corrected chi connectivity index (χ2v) is 4.19. The fourth-order valence-electron chi connectivity index (χ4n) is 2.12. The number of nitrogens with zero attached hydrogens (tertiary/aromatic N) is 3. The highest BCUT2D eigenvalue weighted by molar-refractivity contribution is 5.68. The van der Waals surface area contributed by atoms with Crippen molar-refractivity contribution in [2.24, 2.45) is 0 Å². The van der Waals surface area contributed by atoms with Gasteiger partial charge in [-0.25, -0.2) is 4.98 Å². The molecule has 2 heterocycles. The Balaban J connectivity index is 2.08. The van der Waals surface area contributed by atoms with Gasteiger partial charge in [-0.2, -0.15) is 4.98 Å². The van der Waals surface area contributed by atoms with Crippen LogP contribution in [0.3, 0.4) is 0 Å². The van der Waals surface area contributed by atoms with E-state index in [0.717, 1.165) is 29.5 Å². The van der Waals surface area contributed by atoms with E-state index in [4.69, 9.17) is 10.5 Å². The number of benzene rings is 1. The first-order valence-corrected chi connectivity index (χ1v) is 5.84. The van der Waals surface area contributed by atoms with Crippen LogP contribution in [0.2, 0.25) is 0 Å². The van der Waals surface area contributed by atoms with Gasteiger partial charge in [0.15, 0.2) is 0 Å². The van der Waals surface area contributed by atoms with Gasteiger partial charge in [0.2, 0.25) is 5.95 Å². The lowest BCUT2D eigenvalue weighted by atomic mass is 10.2. The number of anilines is 3. The molecule has 18 heavy (non-hydrogen) atoms. The fraction of sp³-hybridized carbons (Fsp3) is 0.231. The van der Waals surface area contributed by atoms with Crippen LogP contribution in [0.1, 0.15) is 5.69 Å². The Morgan fingerprint density at radius 2 is 2.11 bits per heavy atom. The quantitative estimate of drug-likeness (QED) is 0.827. The zero-order valence-corrected chi connectivity index (χ0v) is 10.1. The van der Waals surface area contributed by atoms with Crippen molar-refractivity contribution >= 4 is 17.5 Å². The molecule has 1 aromatic carbocycles. The summed E-state index contributed by atoms with van der Waals surface area (Å²) in [6, 6.07) is 9.85. The lowest BCUT2D eigenvalue weighted by Crippen LogP contribution is -2.29. The van der Waals surface area contributed by atoms with Crippen molar-refractivity contribution in [2.75, 3.05) is 23.8 Å². The number of rotatable bonds is 1. The molecule has 1 aromatic heterocycles. The van der Waals surface area contributed by atoms with Gasteiger partial charge in [-0.3, -0.25) is 0 Å². The van der Waals surface area contributed by atoms with Gasteiger partial charge >= 0.3 is 0 Å². The van der Waals surface area contributed by atoms with Gasteiger partial charge in [-0.1, -0.05) is 12.1 Å². The molecule has 1 aliphatic heterocycles. The smallest absolute Gasteiger partial charge is 0.222 e. The third kappa shape index (κ3) is 1.84. The molecule has 0 saturated heterocycles. The second kappa shape index (κ2) is 4.18. The molecule has 0 fully saturated rings. The lowest BCUT2D eigenvalue weighted by Gasteiger charge is -2.30. The summed E-state index contributed by atoms with van der Waals surface area (Å²) in [6.45, 7) is 3.31. The zero-order valence-electron chi connectivity index (χ0n) is 10.1. The first kappa shape index (κ1) is 10.8. The molecule has 0 amide bonds. The van der Waals surface area contributed by atoms with Gasteiger partial charge in [-0.15, -0.1) is 0 Å².